The van der Waals surface area contributed by atoms with E-state index in [9.17, 15) is 0 Å². The average molecular weight is 279 g/mol. The van der Waals surface area contributed by atoms with Gasteiger partial charge in [0.2, 0.25) is 0 Å². The highest BCUT2D eigenvalue weighted by Crippen LogP contribution is 2.21. The zero-order valence-corrected chi connectivity index (χ0v) is 13.4. The van der Waals surface area contributed by atoms with E-state index in [-0.39, 0.29) is 0 Å². The summed E-state index contributed by atoms with van der Waals surface area (Å²) >= 11 is 0. The molecule has 0 unspecified atom stereocenters. The summed E-state index contributed by atoms with van der Waals surface area (Å²) in [4.78, 5) is 11.1. The number of aromatic nitrogens is 2. The predicted molar refractivity (Wildman–Crippen MR) is 86.5 cm³/mol. The molecule has 0 saturated heterocycles. The summed E-state index contributed by atoms with van der Waals surface area (Å²) in [6, 6.07) is 0. The first kappa shape index (κ1) is 16.7. The Bertz CT molecular complexity index is 381. The van der Waals surface area contributed by atoms with Gasteiger partial charge in [-0.05, 0) is 26.4 Å². The average Bonchev–Trinajstić information content (AvgIpc) is 2.47. The monoisotopic (exact) mass is 279 g/mol. The van der Waals surface area contributed by atoms with Crippen LogP contribution in [0, 0.1) is 0 Å². The molecular formula is C15H29N5. The summed E-state index contributed by atoms with van der Waals surface area (Å²) in [5, 5.41) is 6.84. The lowest BCUT2D eigenvalue weighted by Gasteiger charge is -2.17. The summed E-state index contributed by atoms with van der Waals surface area (Å²) in [6.45, 7) is 10.5. The van der Waals surface area contributed by atoms with Crippen molar-refractivity contribution < 1.29 is 0 Å². The topological polar surface area (TPSA) is 53.1 Å². The lowest BCUT2D eigenvalue weighted by atomic mass is 10.1. The number of anilines is 2. The first-order valence-electron chi connectivity index (χ1n) is 7.73. The van der Waals surface area contributed by atoms with Crippen LogP contribution in [0.2, 0.25) is 0 Å². The van der Waals surface area contributed by atoms with Gasteiger partial charge >= 0.3 is 0 Å². The maximum atomic E-state index is 4.41. The fourth-order valence-corrected chi connectivity index (χ4v) is 1.97. The van der Waals surface area contributed by atoms with E-state index in [0.717, 1.165) is 57.1 Å². The molecule has 0 aromatic carbocycles. The van der Waals surface area contributed by atoms with Gasteiger partial charge in [-0.15, -0.1) is 0 Å². The van der Waals surface area contributed by atoms with E-state index in [0.29, 0.717) is 0 Å². The molecule has 1 rings (SSSR count). The molecular weight excluding hydrogens is 250 g/mol. The molecule has 5 nitrogen and oxygen atoms in total. The molecule has 0 fully saturated rings. The molecule has 5 heteroatoms. The second kappa shape index (κ2) is 9.53. The van der Waals surface area contributed by atoms with Gasteiger partial charge in [-0.1, -0.05) is 27.2 Å². The summed E-state index contributed by atoms with van der Waals surface area (Å²) in [6.07, 6.45) is 4.83. The van der Waals surface area contributed by atoms with Crippen molar-refractivity contribution in [1.29, 1.82) is 0 Å². The molecule has 0 spiro atoms. The fourth-order valence-electron chi connectivity index (χ4n) is 1.97. The first-order valence-corrected chi connectivity index (χ1v) is 7.73. The Kier molecular flexibility index (Phi) is 7.95. The molecule has 1 aromatic heterocycles. The molecule has 1 aromatic rings. The van der Waals surface area contributed by atoms with Crippen LogP contribution in [0.25, 0.3) is 0 Å². The summed E-state index contributed by atoms with van der Waals surface area (Å²) in [7, 11) is 2.13. The highest BCUT2D eigenvalue weighted by molar-refractivity contribution is 5.57. The molecule has 0 amide bonds. The van der Waals surface area contributed by atoms with E-state index in [4.69, 9.17) is 0 Å². The zero-order chi connectivity index (χ0) is 14.8. The highest BCUT2D eigenvalue weighted by Gasteiger charge is 2.10. The van der Waals surface area contributed by atoms with E-state index in [1.165, 1.54) is 5.56 Å². The smallest absolute Gasteiger partial charge is 0.134 e. The normalized spacial score (nSPS) is 10.8. The minimum Gasteiger partial charge on any atom is -0.370 e. The standard InChI is InChI=1S/C15H29N5/c1-5-8-13-14(16-9-6-2)18-12-19-15(13)17-10-11-20(4)7-3/h12H,5-11H2,1-4H3,(H2,16,17,18,19). The number of nitrogens with zero attached hydrogens (tertiary/aromatic N) is 3. The SMILES string of the molecule is CCCNc1ncnc(NCCN(C)CC)c1CCC. The molecule has 0 radical (unpaired) electrons. The number of hydrogen-bond acceptors (Lipinski definition) is 5. The fraction of sp³-hybridized carbons (Fsp3) is 0.733. The van der Waals surface area contributed by atoms with Gasteiger partial charge in [0, 0.05) is 25.2 Å². The van der Waals surface area contributed by atoms with Crippen LogP contribution in [0.5, 0.6) is 0 Å². The molecule has 0 saturated carbocycles. The van der Waals surface area contributed by atoms with Crippen LogP contribution < -0.4 is 10.6 Å². The quantitative estimate of drug-likeness (QED) is 0.689. The van der Waals surface area contributed by atoms with Gasteiger partial charge in [-0.25, -0.2) is 9.97 Å². The zero-order valence-electron chi connectivity index (χ0n) is 13.4. The van der Waals surface area contributed by atoms with Crippen molar-refractivity contribution in [2.24, 2.45) is 0 Å². The Hall–Kier alpha value is -1.36. The van der Waals surface area contributed by atoms with Crippen molar-refractivity contribution >= 4 is 11.6 Å². The van der Waals surface area contributed by atoms with Crippen LogP contribution in [-0.2, 0) is 6.42 Å². The van der Waals surface area contributed by atoms with Gasteiger partial charge in [-0.3, -0.25) is 0 Å². The summed E-state index contributed by atoms with van der Waals surface area (Å²) in [5.74, 6) is 1.96. The maximum absolute atomic E-state index is 4.41. The van der Waals surface area contributed by atoms with Crippen molar-refractivity contribution in [3.63, 3.8) is 0 Å². The molecule has 0 aliphatic rings. The van der Waals surface area contributed by atoms with Crippen LogP contribution in [0.4, 0.5) is 11.6 Å². The van der Waals surface area contributed by atoms with Gasteiger partial charge in [0.05, 0.1) is 0 Å². The largest absolute Gasteiger partial charge is 0.370 e. The Morgan fingerprint density at radius 1 is 1.00 bits per heavy atom. The molecule has 0 atom stereocenters. The number of likely N-dealkylation sites (N-methyl/N-ethyl adjacent to an activating group) is 1. The van der Waals surface area contributed by atoms with E-state index >= 15 is 0 Å². The van der Waals surface area contributed by atoms with E-state index in [2.05, 4.69) is 53.3 Å². The Labute approximate surface area is 123 Å². The van der Waals surface area contributed by atoms with Gasteiger partial charge in [-0.2, -0.15) is 0 Å². The number of hydrogen-bond donors (Lipinski definition) is 2. The first-order chi connectivity index (χ1) is 9.72. The predicted octanol–water partition coefficient (Wildman–Crippen LogP) is 2.61. The van der Waals surface area contributed by atoms with Crippen molar-refractivity contribution in [3.8, 4) is 0 Å². The van der Waals surface area contributed by atoms with Crippen LogP contribution in [-0.4, -0.2) is 48.1 Å². The number of rotatable bonds is 10. The van der Waals surface area contributed by atoms with Gasteiger partial charge in [0.15, 0.2) is 0 Å². The maximum Gasteiger partial charge on any atom is 0.134 e. The highest BCUT2D eigenvalue weighted by atomic mass is 15.1. The van der Waals surface area contributed by atoms with Crippen LogP contribution >= 0.6 is 0 Å². The van der Waals surface area contributed by atoms with Crippen molar-refractivity contribution in [2.45, 2.75) is 40.0 Å². The molecule has 0 aliphatic carbocycles. The molecule has 20 heavy (non-hydrogen) atoms. The second-order valence-electron chi connectivity index (χ2n) is 5.05. The van der Waals surface area contributed by atoms with Gasteiger partial charge in [0.25, 0.3) is 0 Å². The second-order valence-corrected chi connectivity index (χ2v) is 5.05. The van der Waals surface area contributed by atoms with Crippen LogP contribution in [0.1, 0.15) is 39.2 Å². The third-order valence-electron chi connectivity index (χ3n) is 3.31. The molecule has 2 N–H and O–H groups in total. The minimum absolute atomic E-state index is 0.908. The molecule has 0 aliphatic heterocycles. The van der Waals surface area contributed by atoms with Gasteiger partial charge < -0.3 is 15.5 Å². The molecule has 0 bridgehead atoms. The van der Waals surface area contributed by atoms with Crippen molar-refractivity contribution in [3.05, 3.63) is 11.9 Å². The van der Waals surface area contributed by atoms with Crippen molar-refractivity contribution in [2.75, 3.05) is 43.9 Å². The lowest BCUT2D eigenvalue weighted by molar-refractivity contribution is 0.367. The van der Waals surface area contributed by atoms with E-state index in [1.54, 1.807) is 6.33 Å². The Morgan fingerprint density at radius 3 is 2.20 bits per heavy atom. The summed E-state index contributed by atoms with van der Waals surface area (Å²) < 4.78 is 0. The molecule has 114 valence electrons. The van der Waals surface area contributed by atoms with Crippen molar-refractivity contribution in [1.82, 2.24) is 14.9 Å². The number of nitrogens with one attached hydrogen (secondary N) is 2. The van der Waals surface area contributed by atoms with Crippen LogP contribution in [0.3, 0.4) is 0 Å². The van der Waals surface area contributed by atoms with Gasteiger partial charge in [0.1, 0.15) is 18.0 Å². The van der Waals surface area contributed by atoms with Crippen LogP contribution in [0.15, 0.2) is 6.33 Å². The minimum atomic E-state index is 0.908. The Morgan fingerprint density at radius 2 is 1.65 bits per heavy atom. The Balaban J connectivity index is 2.72. The van der Waals surface area contributed by atoms with E-state index < -0.39 is 0 Å². The molecule has 1 heterocycles. The third-order valence-corrected chi connectivity index (χ3v) is 3.31. The van der Waals surface area contributed by atoms with E-state index in [1.807, 2.05) is 0 Å². The lowest BCUT2D eigenvalue weighted by Crippen LogP contribution is -2.25. The summed E-state index contributed by atoms with van der Waals surface area (Å²) in [5.41, 5.74) is 1.21. The third kappa shape index (κ3) is 5.33.